The highest BCUT2D eigenvalue weighted by molar-refractivity contribution is 5.79. The average molecular weight is 405 g/mol. The Kier molecular flexibility index (Phi) is 11.7. The van der Waals surface area contributed by atoms with Gasteiger partial charge in [0.1, 0.15) is 0 Å². The van der Waals surface area contributed by atoms with Crippen LogP contribution in [0.4, 0.5) is 0 Å². The second-order valence-corrected chi connectivity index (χ2v) is 7.89. The van der Waals surface area contributed by atoms with Crippen LogP contribution in [-0.2, 0) is 15.9 Å². The maximum absolute atomic E-state index is 5.75. The minimum absolute atomic E-state index is 0.496. The molecule has 0 aliphatic carbocycles. The van der Waals surface area contributed by atoms with Crippen molar-refractivity contribution in [1.82, 2.24) is 15.5 Å². The van der Waals surface area contributed by atoms with Gasteiger partial charge >= 0.3 is 0 Å². The van der Waals surface area contributed by atoms with Gasteiger partial charge in [-0.3, -0.25) is 9.89 Å². The standard InChI is InChI=1S/C23H40N4O2/c1-20(2)22(27-13-17-29-18-14-27)19-26-23(24-3)25-12-7-8-15-28-16-11-21-9-5-4-6-10-21/h4-6,9-10,20,22H,7-8,11-19H2,1-3H3,(H2,24,25,26). The van der Waals surface area contributed by atoms with Crippen LogP contribution in [-0.4, -0.2) is 76.6 Å². The molecule has 0 saturated carbocycles. The molecule has 1 saturated heterocycles. The van der Waals surface area contributed by atoms with E-state index >= 15 is 0 Å². The summed E-state index contributed by atoms with van der Waals surface area (Å²) in [6.07, 6.45) is 3.11. The number of aliphatic imine (C=N–C) groups is 1. The third-order valence-electron chi connectivity index (χ3n) is 5.37. The number of hydrogen-bond acceptors (Lipinski definition) is 4. The Morgan fingerprint density at radius 2 is 1.86 bits per heavy atom. The number of hydrogen-bond donors (Lipinski definition) is 2. The zero-order valence-electron chi connectivity index (χ0n) is 18.5. The quantitative estimate of drug-likeness (QED) is 0.319. The molecule has 0 aromatic heterocycles. The molecule has 1 atom stereocenters. The molecule has 2 N–H and O–H groups in total. The first kappa shape index (κ1) is 23.6. The summed E-state index contributed by atoms with van der Waals surface area (Å²) in [6, 6.07) is 11.0. The second-order valence-electron chi connectivity index (χ2n) is 7.89. The zero-order valence-corrected chi connectivity index (χ0v) is 18.5. The van der Waals surface area contributed by atoms with E-state index in [4.69, 9.17) is 9.47 Å². The molecular weight excluding hydrogens is 364 g/mol. The molecule has 0 spiro atoms. The lowest BCUT2D eigenvalue weighted by Gasteiger charge is -2.37. The summed E-state index contributed by atoms with van der Waals surface area (Å²) in [7, 11) is 1.83. The van der Waals surface area contributed by atoms with Crippen molar-refractivity contribution in [2.75, 3.05) is 59.7 Å². The Balaban J connectivity index is 1.53. The van der Waals surface area contributed by atoms with Gasteiger partial charge in [0.2, 0.25) is 0 Å². The van der Waals surface area contributed by atoms with Crippen LogP contribution in [0.15, 0.2) is 35.3 Å². The van der Waals surface area contributed by atoms with Crippen molar-refractivity contribution < 1.29 is 9.47 Å². The molecule has 1 fully saturated rings. The monoisotopic (exact) mass is 404 g/mol. The van der Waals surface area contributed by atoms with E-state index in [1.165, 1.54) is 5.56 Å². The summed E-state index contributed by atoms with van der Waals surface area (Å²) >= 11 is 0. The van der Waals surface area contributed by atoms with Gasteiger partial charge in [0.25, 0.3) is 0 Å². The number of unbranched alkanes of at least 4 members (excludes halogenated alkanes) is 1. The summed E-state index contributed by atoms with van der Waals surface area (Å²) in [4.78, 5) is 6.89. The largest absolute Gasteiger partial charge is 0.381 e. The van der Waals surface area contributed by atoms with Crippen LogP contribution in [0.25, 0.3) is 0 Å². The predicted molar refractivity (Wildman–Crippen MR) is 121 cm³/mol. The number of guanidine groups is 1. The van der Waals surface area contributed by atoms with Crippen molar-refractivity contribution in [3.63, 3.8) is 0 Å². The molecule has 6 nitrogen and oxygen atoms in total. The van der Waals surface area contributed by atoms with Crippen molar-refractivity contribution in [2.45, 2.75) is 39.2 Å². The molecule has 1 unspecified atom stereocenters. The normalized spacial score (nSPS) is 16.8. The van der Waals surface area contributed by atoms with Gasteiger partial charge < -0.3 is 20.1 Å². The third-order valence-corrected chi connectivity index (χ3v) is 5.37. The minimum Gasteiger partial charge on any atom is -0.381 e. The smallest absolute Gasteiger partial charge is 0.191 e. The van der Waals surface area contributed by atoms with Gasteiger partial charge in [0, 0.05) is 45.9 Å². The molecule has 1 aliphatic rings. The number of nitrogens with one attached hydrogen (secondary N) is 2. The van der Waals surface area contributed by atoms with Crippen molar-refractivity contribution >= 4 is 5.96 Å². The van der Waals surface area contributed by atoms with E-state index in [-0.39, 0.29) is 0 Å². The first-order valence-corrected chi connectivity index (χ1v) is 11.1. The third kappa shape index (κ3) is 9.61. The van der Waals surface area contributed by atoms with Crippen LogP contribution >= 0.6 is 0 Å². The molecule has 6 heteroatoms. The highest BCUT2D eigenvalue weighted by Gasteiger charge is 2.23. The van der Waals surface area contributed by atoms with Crippen LogP contribution in [0.1, 0.15) is 32.3 Å². The van der Waals surface area contributed by atoms with Crippen LogP contribution in [0.3, 0.4) is 0 Å². The maximum atomic E-state index is 5.75. The topological polar surface area (TPSA) is 58.1 Å². The Labute approximate surface area is 177 Å². The number of ether oxygens (including phenoxy) is 2. The molecule has 2 rings (SSSR count). The van der Waals surface area contributed by atoms with Gasteiger partial charge in [-0.05, 0) is 30.7 Å². The SMILES string of the molecule is CN=C(NCCCCOCCc1ccccc1)NCC(C(C)C)N1CCOCC1. The summed E-state index contributed by atoms with van der Waals surface area (Å²) < 4.78 is 11.2. The number of nitrogens with zero attached hydrogens (tertiary/aromatic N) is 2. The maximum Gasteiger partial charge on any atom is 0.191 e. The highest BCUT2D eigenvalue weighted by Crippen LogP contribution is 2.12. The first-order valence-electron chi connectivity index (χ1n) is 11.1. The number of rotatable bonds is 12. The van der Waals surface area contributed by atoms with Gasteiger partial charge in [0.05, 0.1) is 19.8 Å². The number of morpholine rings is 1. The Morgan fingerprint density at radius 1 is 1.10 bits per heavy atom. The average Bonchev–Trinajstić information content (AvgIpc) is 2.75. The lowest BCUT2D eigenvalue weighted by Crippen LogP contribution is -2.52. The first-order chi connectivity index (χ1) is 14.2. The molecule has 0 radical (unpaired) electrons. The molecule has 1 heterocycles. The summed E-state index contributed by atoms with van der Waals surface area (Å²) in [6.45, 7) is 11.7. The van der Waals surface area contributed by atoms with Crippen molar-refractivity contribution in [3.8, 4) is 0 Å². The lowest BCUT2D eigenvalue weighted by atomic mass is 10.0. The Morgan fingerprint density at radius 3 is 2.55 bits per heavy atom. The fourth-order valence-electron chi connectivity index (χ4n) is 3.59. The molecule has 0 amide bonds. The van der Waals surface area contributed by atoms with Gasteiger partial charge in [-0.1, -0.05) is 44.2 Å². The van der Waals surface area contributed by atoms with Crippen molar-refractivity contribution in [3.05, 3.63) is 35.9 Å². The van der Waals surface area contributed by atoms with E-state index in [1.54, 1.807) is 0 Å². The summed E-state index contributed by atoms with van der Waals surface area (Å²) in [5, 5.41) is 6.93. The highest BCUT2D eigenvalue weighted by atomic mass is 16.5. The van der Waals surface area contributed by atoms with Gasteiger partial charge in [-0.15, -0.1) is 0 Å². The van der Waals surface area contributed by atoms with E-state index in [2.05, 4.69) is 58.6 Å². The fourth-order valence-corrected chi connectivity index (χ4v) is 3.59. The zero-order chi connectivity index (χ0) is 20.7. The Bertz CT molecular complexity index is 559. The predicted octanol–water partition coefficient (Wildman–Crippen LogP) is 2.55. The lowest BCUT2D eigenvalue weighted by molar-refractivity contribution is 0.00752. The summed E-state index contributed by atoms with van der Waals surface area (Å²) in [5.41, 5.74) is 1.33. The molecule has 1 aromatic rings. The second kappa shape index (κ2) is 14.4. The van der Waals surface area contributed by atoms with E-state index in [9.17, 15) is 0 Å². The van der Waals surface area contributed by atoms with E-state index < -0.39 is 0 Å². The van der Waals surface area contributed by atoms with Crippen molar-refractivity contribution in [2.24, 2.45) is 10.9 Å². The van der Waals surface area contributed by atoms with E-state index in [0.29, 0.717) is 12.0 Å². The molecule has 1 aromatic carbocycles. The van der Waals surface area contributed by atoms with Gasteiger partial charge in [-0.25, -0.2) is 0 Å². The van der Waals surface area contributed by atoms with Crippen LogP contribution in [0.5, 0.6) is 0 Å². The van der Waals surface area contributed by atoms with Crippen LogP contribution in [0, 0.1) is 5.92 Å². The minimum atomic E-state index is 0.496. The van der Waals surface area contributed by atoms with Gasteiger partial charge in [-0.2, -0.15) is 0 Å². The molecule has 1 aliphatic heterocycles. The molecular formula is C23H40N4O2. The molecule has 0 bridgehead atoms. The van der Waals surface area contributed by atoms with Gasteiger partial charge in [0.15, 0.2) is 5.96 Å². The van der Waals surface area contributed by atoms with Crippen LogP contribution < -0.4 is 10.6 Å². The molecule has 164 valence electrons. The van der Waals surface area contributed by atoms with E-state index in [0.717, 1.165) is 77.8 Å². The summed E-state index contributed by atoms with van der Waals surface area (Å²) in [5.74, 6) is 1.47. The van der Waals surface area contributed by atoms with Crippen LogP contribution in [0.2, 0.25) is 0 Å². The van der Waals surface area contributed by atoms with E-state index in [1.807, 2.05) is 13.1 Å². The molecule has 29 heavy (non-hydrogen) atoms. The number of benzene rings is 1. The Hall–Kier alpha value is -1.63. The van der Waals surface area contributed by atoms with Crippen molar-refractivity contribution in [1.29, 1.82) is 0 Å². The fraction of sp³-hybridized carbons (Fsp3) is 0.696.